The Hall–Kier alpha value is -4.70. The Morgan fingerprint density at radius 3 is 2.24 bits per heavy atom. The Kier molecular flexibility index (Phi) is 11.3. The molecule has 51 heavy (non-hydrogen) atoms. The first kappa shape index (κ1) is 34.7. The average Bonchev–Trinajstić information content (AvgIpc) is 3.19. The second kappa shape index (κ2) is 16.5. The van der Waals surface area contributed by atoms with Crippen LogP contribution in [0.3, 0.4) is 0 Å². The van der Waals surface area contributed by atoms with E-state index in [9.17, 15) is 9.90 Å². The molecule has 0 unspecified atom stereocenters. The Balaban J connectivity index is 1.07. The van der Waals surface area contributed by atoms with Crippen molar-refractivity contribution in [3.63, 3.8) is 0 Å². The van der Waals surface area contributed by atoms with Crippen molar-refractivity contribution in [2.75, 3.05) is 32.7 Å². The van der Waals surface area contributed by atoms with E-state index in [-0.39, 0.29) is 30.6 Å². The van der Waals surface area contributed by atoms with Crippen LogP contribution in [0.2, 0.25) is 0 Å². The first-order chi connectivity index (χ1) is 25.0. The molecule has 0 aliphatic carbocycles. The summed E-state index contributed by atoms with van der Waals surface area (Å²) in [6.07, 6.45) is 2.47. The lowest BCUT2D eigenvalue weighted by Gasteiger charge is -2.44. The molecule has 2 fully saturated rings. The van der Waals surface area contributed by atoms with Crippen LogP contribution in [-0.2, 0) is 29.2 Å². The molecule has 0 spiro atoms. The van der Waals surface area contributed by atoms with Crippen LogP contribution in [0.5, 0.6) is 0 Å². The van der Waals surface area contributed by atoms with E-state index in [0.29, 0.717) is 12.1 Å². The molecule has 2 N–H and O–H groups in total. The Labute approximate surface area is 300 Å². The van der Waals surface area contributed by atoms with Crippen molar-refractivity contribution in [1.29, 1.82) is 0 Å². The van der Waals surface area contributed by atoms with E-state index in [4.69, 9.17) is 9.47 Å². The third kappa shape index (κ3) is 8.79. The van der Waals surface area contributed by atoms with E-state index in [1.165, 1.54) is 5.56 Å². The minimum Gasteiger partial charge on any atom is -0.392 e. The quantitative estimate of drug-likeness (QED) is 0.159. The van der Waals surface area contributed by atoms with E-state index in [2.05, 4.69) is 106 Å². The van der Waals surface area contributed by atoms with Crippen LogP contribution in [0, 0.1) is 5.92 Å². The number of ether oxygens (including phenoxy) is 2. The van der Waals surface area contributed by atoms with Crippen molar-refractivity contribution in [2.24, 2.45) is 5.92 Å². The average molecular weight is 683 g/mol. The van der Waals surface area contributed by atoms with E-state index in [1.54, 1.807) is 24.5 Å². The van der Waals surface area contributed by atoms with Crippen molar-refractivity contribution in [3.05, 3.63) is 161 Å². The summed E-state index contributed by atoms with van der Waals surface area (Å²) in [7, 11) is 0. The number of aromatic nitrogens is 1. The number of pyridine rings is 1. The van der Waals surface area contributed by atoms with Gasteiger partial charge >= 0.3 is 0 Å². The summed E-state index contributed by atoms with van der Waals surface area (Å²) < 4.78 is 13.7. The predicted molar refractivity (Wildman–Crippen MR) is 198 cm³/mol. The van der Waals surface area contributed by atoms with Gasteiger partial charge in [-0.25, -0.2) is 0 Å². The first-order valence-corrected chi connectivity index (χ1v) is 17.9. The molecule has 5 aromatic rings. The molecule has 0 radical (unpaired) electrons. The van der Waals surface area contributed by atoms with Gasteiger partial charge in [-0.1, -0.05) is 97.9 Å². The number of nitrogens with one attached hydrogen (secondary N) is 1. The second-order valence-electron chi connectivity index (χ2n) is 13.6. The number of hydrogen-bond acceptors (Lipinski definition) is 7. The maximum Gasteiger partial charge on any atom is 0.253 e. The molecule has 1 aromatic heterocycles. The van der Waals surface area contributed by atoms with Gasteiger partial charge < -0.3 is 19.9 Å². The molecule has 2 aliphatic heterocycles. The molecule has 0 saturated carbocycles. The number of piperazine rings is 1. The molecule has 2 aliphatic rings. The van der Waals surface area contributed by atoms with Crippen LogP contribution >= 0.6 is 0 Å². The topological polar surface area (TPSA) is 87.2 Å². The number of aliphatic hydroxyl groups excluding tert-OH is 1. The van der Waals surface area contributed by atoms with Gasteiger partial charge in [-0.15, -0.1) is 0 Å². The van der Waals surface area contributed by atoms with Crippen LogP contribution in [-0.4, -0.2) is 64.6 Å². The summed E-state index contributed by atoms with van der Waals surface area (Å²) in [5, 5.41) is 12.7. The van der Waals surface area contributed by atoms with Gasteiger partial charge in [0.25, 0.3) is 5.91 Å². The zero-order chi connectivity index (χ0) is 35.0. The smallest absolute Gasteiger partial charge is 0.253 e. The summed E-state index contributed by atoms with van der Waals surface area (Å²) in [5.74, 6) is -0.0363. The molecule has 4 atom stereocenters. The lowest BCUT2D eigenvalue weighted by Crippen LogP contribution is -2.51. The summed E-state index contributed by atoms with van der Waals surface area (Å²) in [5.41, 5.74) is 7.92. The standard InChI is InChI=1S/C43H46N4O4/c1-31-40(29-47-22-20-46(21-23-47)28-32-8-3-2-4-9-32)50-43(51-41(31)35-17-15-33(30-48)16-18-35)38-13-6-12-37(25-38)36-11-5-10-34(24-36)26-45-42(49)39-14-7-19-44-27-39/h2-19,24-25,27,31,40-41,43,48H,20-23,26,28-30H2,1H3,(H,45,49)/t31-,40+,41+,43+/m1/s1. The SMILES string of the molecule is C[C@@H]1[C@H](CN2CCN(Cc3ccccc3)CC2)O[C@H](c2cccc(-c3cccc(CNC(=O)c4cccnc4)c3)c2)O[C@@H]1c1ccc(CO)cc1. The Bertz CT molecular complexity index is 1860. The number of amides is 1. The maximum atomic E-state index is 12.6. The number of nitrogens with zero attached hydrogens (tertiary/aromatic N) is 3. The molecule has 1 amide bonds. The molecular weight excluding hydrogens is 636 g/mol. The monoisotopic (exact) mass is 682 g/mol. The van der Waals surface area contributed by atoms with Crippen LogP contribution in [0.15, 0.2) is 128 Å². The number of rotatable bonds is 11. The normalized spacial score (nSPS) is 21.3. The van der Waals surface area contributed by atoms with Crippen LogP contribution < -0.4 is 5.32 Å². The first-order valence-electron chi connectivity index (χ1n) is 17.9. The van der Waals surface area contributed by atoms with Gasteiger partial charge in [0.05, 0.1) is 24.4 Å². The van der Waals surface area contributed by atoms with Gasteiger partial charge in [0, 0.05) is 69.7 Å². The molecule has 4 aromatic carbocycles. The second-order valence-corrected chi connectivity index (χ2v) is 13.6. The fraction of sp³-hybridized carbons (Fsp3) is 0.302. The molecule has 262 valence electrons. The van der Waals surface area contributed by atoms with Gasteiger partial charge in [-0.3, -0.25) is 19.6 Å². The molecular formula is C43H46N4O4. The number of aliphatic hydroxyl groups is 1. The van der Waals surface area contributed by atoms with Crippen LogP contribution in [0.25, 0.3) is 11.1 Å². The van der Waals surface area contributed by atoms with Crippen molar-refractivity contribution in [1.82, 2.24) is 20.1 Å². The molecule has 3 heterocycles. The fourth-order valence-corrected chi connectivity index (χ4v) is 7.06. The third-order valence-corrected chi connectivity index (χ3v) is 10.1. The number of benzene rings is 4. The van der Waals surface area contributed by atoms with Crippen molar-refractivity contribution in [2.45, 2.75) is 45.1 Å². The lowest BCUT2D eigenvalue weighted by molar-refractivity contribution is -0.276. The van der Waals surface area contributed by atoms with Crippen molar-refractivity contribution < 1.29 is 19.4 Å². The predicted octanol–water partition coefficient (Wildman–Crippen LogP) is 6.78. The highest BCUT2D eigenvalue weighted by atomic mass is 16.7. The number of carbonyl (C=O) groups is 1. The molecule has 7 rings (SSSR count). The summed E-state index contributed by atoms with van der Waals surface area (Å²) in [4.78, 5) is 21.7. The molecule has 0 bridgehead atoms. The molecule has 2 saturated heterocycles. The largest absolute Gasteiger partial charge is 0.392 e. The Morgan fingerprint density at radius 2 is 1.49 bits per heavy atom. The van der Waals surface area contributed by atoms with Gasteiger partial charge in [-0.05, 0) is 57.6 Å². The highest BCUT2D eigenvalue weighted by Crippen LogP contribution is 2.42. The summed E-state index contributed by atoms with van der Waals surface area (Å²) in [6, 6.07) is 38.9. The van der Waals surface area contributed by atoms with E-state index in [0.717, 1.165) is 72.6 Å². The van der Waals surface area contributed by atoms with Gasteiger partial charge in [0.1, 0.15) is 0 Å². The minimum absolute atomic E-state index is 0.0108. The maximum absolute atomic E-state index is 12.6. The molecule has 8 nitrogen and oxygen atoms in total. The van der Waals surface area contributed by atoms with Crippen molar-refractivity contribution >= 4 is 5.91 Å². The zero-order valence-corrected chi connectivity index (χ0v) is 29.1. The number of hydrogen-bond donors (Lipinski definition) is 2. The van der Waals surface area contributed by atoms with E-state index >= 15 is 0 Å². The van der Waals surface area contributed by atoms with Gasteiger partial charge in [0.2, 0.25) is 0 Å². The highest BCUT2D eigenvalue weighted by Gasteiger charge is 2.39. The summed E-state index contributed by atoms with van der Waals surface area (Å²) in [6.45, 7) is 8.50. The third-order valence-electron chi connectivity index (χ3n) is 10.1. The van der Waals surface area contributed by atoms with Gasteiger partial charge in [0.15, 0.2) is 6.29 Å². The lowest BCUT2D eigenvalue weighted by atomic mass is 9.89. The summed E-state index contributed by atoms with van der Waals surface area (Å²) >= 11 is 0. The Morgan fingerprint density at radius 1 is 0.765 bits per heavy atom. The number of carbonyl (C=O) groups excluding carboxylic acids is 1. The molecule has 8 heteroatoms. The van der Waals surface area contributed by atoms with E-state index in [1.807, 2.05) is 24.3 Å². The zero-order valence-electron chi connectivity index (χ0n) is 29.1. The van der Waals surface area contributed by atoms with E-state index < -0.39 is 6.29 Å². The highest BCUT2D eigenvalue weighted by molar-refractivity contribution is 5.93. The van der Waals surface area contributed by atoms with Crippen LogP contribution in [0.4, 0.5) is 0 Å². The van der Waals surface area contributed by atoms with Crippen molar-refractivity contribution in [3.8, 4) is 11.1 Å². The van der Waals surface area contributed by atoms with Gasteiger partial charge in [-0.2, -0.15) is 0 Å². The minimum atomic E-state index is -0.546. The van der Waals surface area contributed by atoms with Crippen LogP contribution in [0.1, 0.15) is 57.5 Å². The fourth-order valence-electron chi connectivity index (χ4n) is 7.06.